The van der Waals surface area contributed by atoms with E-state index in [1.807, 2.05) is 13.8 Å². The molecule has 1 aromatic carbocycles. The fraction of sp³-hybridized carbons (Fsp3) is 0.471. The Bertz CT molecular complexity index is 597. The molecule has 23 heavy (non-hydrogen) atoms. The number of hydrogen-bond donors (Lipinski definition) is 1. The van der Waals surface area contributed by atoms with Crippen molar-refractivity contribution < 1.29 is 24.2 Å². The van der Waals surface area contributed by atoms with Crippen LogP contribution < -0.4 is 0 Å². The second kappa shape index (κ2) is 8.31. The van der Waals surface area contributed by atoms with E-state index < -0.39 is 11.9 Å². The standard InChI is InChI=1S/C17H23NO5/c1-5-7-18(4)15(19)12-8-13(16(20)21)10-14(9-12)17(22)23-11(3)6-2/h8-11H,5-7H2,1-4H3,(H,20,21). The van der Waals surface area contributed by atoms with Crippen LogP contribution in [-0.4, -0.2) is 47.5 Å². The third kappa shape index (κ3) is 5.09. The summed E-state index contributed by atoms with van der Waals surface area (Å²) in [5, 5.41) is 9.19. The molecule has 1 amide bonds. The number of aromatic carboxylic acids is 1. The summed E-state index contributed by atoms with van der Waals surface area (Å²) in [7, 11) is 1.64. The van der Waals surface area contributed by atoms with Crippen molar-refractivity contribution in [3.63, 3.8) is 0 Å². The normalized spacial score (nSPS) is 11.7. The minimum atomic E-state index is -1.20. The molecular weight excluding hydrogens is 298 g/mol. The van der Waals surface area contributed by atoms with Crippen LogP contribution >= 0.6 is 0 Å². The average molecular weight is 321 g/mol. The Morgan fingerprint density at radius 1 is 1.13 bits per heavy atom. The van der Waals surface area contributed by atoms with Gasteiger partial charge in [0.1, 0.15) is 0 Å². The number of ether oxygens (including phenoxy) is 1. The van der Waals surface area contributed by atoms with Crippen LogP contribution in [0.5, 0.6) is 0 Å². The van der Waals surface area contributed by atoms with E-state index in [1.165, 1.54) is 23.1 Å². The first-order chi connectivity index (χ1) is 10.8. The third-order valence-electron chi connectivity index (χ3n) is 3.45. The van der Waals surface area contributed by atoms with Crippen LogP contribution in [0.1, 0.15) is 64.7 Å². The maximum atomic E-state index is 12.3. The zero-order valence-corrected chi connectivity index (χ0v) is 14.0. The third-order valence-corrected chi connectivity index (χ3v) is 3.45. The SMILES string of the molecule is CCCN(C)C(=O)c1cc(C(=O)O)cc(C(=O)OC(C)CC)c1. The minimum Gasteiger partial charge on any atom is -0.478 e. The second-order valence-electron chi connectivity index (χ2n) is 5.46. The van der Waals surface area contributed by atoms with Gasteiger partial charge in [-0.2, -0.15) is 0 Å². The van der Waals surface area contributed by atoms with Crippen LogP contribution in [0.15, 0.2) is 18.2 Å². The smallest absolute Gasteiger partial charge is 0.338 e. The van der Waals surface area contributed by atoms with Gasteiger partial charge in [-0.3, -0.25) is 4.79 Å². The van der Waals surface area contributed by atoms with Crippen molar-refractivity contribution in [3.8, 4) is 0 Å². The molecule has 0 bridgehead atoms. The molecule has 0 heterocycles. The van der Waals surface area contributed by atoms with Gasteiger partial charge in [0.2, 0.25) is 0 Å². The Labute approximate surface area is 136 Å². The number of carbonyl (C=O) groups excluding carboxylic acids is 2. The molecule has 1 aromatic rings. The predicted molar refractivity (Wildman–Crippen MR) is 85.8 cm³/mol. The van der Waals surface area contributed by atoms with Gasteiger partial charge < -0.3 is 14.7 Å². The highest BCUT2D eigenvalue weighted by Gasteiger charge is 2.19. The highest BCUT2D eigenvalue weighted by molar-refractivity contribution is 6.01. The lowest BCUT2D eigenvalue weighted by Gasteiger charge is -2.17. The molecule has 0 aliphatic carbocycles. The first-order valence-electron chi connectivity index (χ1n) is 7.64. The number of hydrogen-bond acceptors (Lipinski definition) is 4. The van der Waals surface area contributed by atoms with E-state index in [0.717, 1.165) is 6.42 Å². The number of benzene rings is 1. The van der Waals surface area contributed by atoms with Crippen molar-refractivity contribution in [2.24, 2.45) is 0 Å². The molecule has 0 radical (unpaired) electrons. The molecule has 0 spiro atoms. The van der Waals surface area contributed by atoms with Gasteiger partial charge in [-0.05, 0) is 38.0 Å². The Kier molecular flexibility index (Phi) is 6.75. The van der Waals surface area contributed by atoms with Crippen molar-refractivity contribution in [1.82, 2.24) is 4.90 Å². The molecule has 6 nitrogen and oxygen atoms in total. The van der Waals surface area contributed by atoms with Crippen LogP contribution in [0.25, 0.3) is 0 Å². The molecule has 1 N–H and O–H groups in total. The summed E-state index contributed by atoms with van der Waals surface area (Å²) in [4.78, 5) is 37.2. The fourth-order valence-corrected chi connectivity index (χ4v) is 1.98. The average Bonchev–Trinajstić information content (AvgIpc) is 2.53. The first-order valence-corrected chi connectivity index (χ1v) is 7.64. The van der Waals surface area contributed by atoms with Gasteiger partial charge in [0.05, 0.1) is 17.2 Å². The number of rotatable bonds is 7. The van der Waals surface area contributed by atoms with Crippen LogP contribution in [-0.2, 0) is 4.74 Å². The molecule has 0 aromatic heterocycles. The van der Waals surface area contributed by atoms with E-state index in [1.54, 1.807) is 14.0 Å². The Hall–Kier alpha value is -2.37. The van der Waals surface area contributed by atoms with Gasteiger partial charge in [-0.15, -0.1) is 0 Å². The summed E-state index contributed by atoms with van der Waals surface area (Å²) in [5.41, 5.74) is 0.118. The number of carbonyl (C=O) groups is 3. The molecule has 1 atom stereocenters. The summed E-state index contributed by atoms with van der Waals surface area (Å²) < 4.78 is 5.21. The second-order valence-corrected chi connectivity index (χ2v) is 5.46. The minimum absolute atomic E-state index is 0.0680. The lowest BCUT2D eigenvalue weighted by atomic mass is 10.0. The molecule has 0 aliphatic rings. The van der Waals surface area contributed by atoms with Crippen LogP contribution in [0, 0.1) is 0 Å². The molecule has 0 saturated heterocycles. The molecule has 0 aliphatic heterocycles. The Morgan fingerprint density at radius 3 is 2.22 bits per heavy atom. The van der Waals surface area contributed by atoms with Crippen LogP contribution in [0.2, 0.25) is 0 Å². The van der Waals surface area contributed by atoms with Crippen molar-refractivity contribution in [1.29, 1.82) is 0 Å². The molecule has 0 fully saturated rings. The van der Waals surface area contributed by atoms with E-state index >= 15 is 0 Å². The first kappa shape index (κ1) is 18.7. The quantitative estimate of drug-likeness (QED) is 0.781. The van der Waals surface area contributed by atoms with E-state index in [9.17, 15) is 19.5 Å². The monoisotopic (exact) mass is 321 g/mol. The number of carboxylic acids is 1. The number of carboxylic acid groups (broad SMARTS) is 1. The summed E-state index contributed by atoms with van der Waals surface area (Å²) in [6.45, 7) is 6.11. The topological polar surface area (TPSA) is 83.9 Å². The maximum absolute atomic E-state index is 12.3. The molecule has 1 unspecified atom stereocenters. The van der Waals surface area contributed by atoms with Crippen LogP contribution in [0.4, 0.5) is 0 Å². The highest BCUT2D eigenvalue weighted by atomic mass is 16.5. The summed E-state index contributed by atoms with van der Waals surface area (Å²) >= 11 is 0. The van der Waals surface area contributed by atoms with E-state index in [2.05, 4.69) is 0 Å². The number of esters is 1. The molecule has 0 saturated carbocycles. The maximum Gasteiger partial charge on any atom is 0.338 e. The number of nitrogens with zero attached hydrogens (tertiary/aromatic N) is 1. The van der Waals surface area contributed by atoms with E-state index in [4.69, 9.17) is 4.74 Å². The van der Waals surface area contributed by atoms with E-state index in [-0.39, 0.29) is 28.7 Å². The van der Waals surface area contributed by atoms with E-state index in [0.29, 0.717) is 13.0 Å². The van der Waals surface area contributed by atoms with Gasteiger partial charge in [-0.1, -0.05) is 13.8 Å². The van der Waals surface area contributed by atoms with Crippen molar-refractivity contribution >= 4 is 17.8 Å². The predicted octanol–water partition coefficient (Wildman–Crippen LogP) is 2.82. The summed E-state index contributed by atoms with van der Waals surface area (Å²) in [6.07, 6.45) is 1.15. The fourth-order valence-electron chi connectivity index (χ4n) is 1.98. The van der Waals surface area contributed by atoms with Crippen LogP contribution in [0.3, 0.4) is 0 Å². The van der Waals surface area contributed by atoms with Crippen molar-refractivity contribution in [2.75, 3.05) is 13.6 Å². The Balaban J connectivity index is 3.19. The lowest BCUT2D eigenvalue weighted by Crippen LogP contribution is -2.28. The molecular formula is C17H23NO5. The Morgan fingerprint density at radius 2 is 1.70 bits per heavy atom. The largest absolute Gasteiger partial charge is 0.478 e. The highest BCUT2D eigenvalue weighted by Crippen LogP contribution is 2.15. The van der Waals surface area contributed by atoms with Gasteiger partial charge in [0, 0.05) is 19.2 Å². The van der Waals surface area contributed by atoms with Gasteiger partial charge in [0.15, 0.2) is 0 Å². The zero-order valence-electron chi connectivity index (χ0n) is 14.0. The summed E-state index contributed by atoms with van der Waals surface area (Å²) in [5.74, 6) is -2.16. The van der Waals surface area contributed by atoms with Gasteiger partial charge in [0.25, 0.3) is 5.91 Å². The number of amides is 1. The van der Waals surface area contributed by atoms with Crippen molar-refractivity contribution in [3.05, 3.63) is 34.9 Å². The lowest BCUT2D eigenvalue weighted by molar-refractivity contribution is 0.0334. The summed E-state index contributed by atoms with van der Waals surface area (Å²) in [6, 6.07) is 3.88. The molecule has 6 heteroatoms. The van der Waals surface area contributed by atoms with Crippen molar-refractivity contribution in [2.45, 2.75) is 39.7 Å². The van der Waals surface area contributed by atoms with Gasteiger partial charge >= 0.3 is 11.9 Å². The molecule has 1 rings (SSSR count). The zero-order chi connectivity index (χ0) is 17.6. The molecule has 126 valence electrons. The van der Waals surface area contributed by atoms with Gasteiger partial charge in [-0.25, -0.2) is 9.59 Å².